The average Bonchev–Trinajstić information content (AvgIpc) is 2.59. The molecule has 18 heavy (non-hydrogen) atoms. The monoisotopic (exact) mass is 328 g/mol. The number of halogens is 2. The third kappa shape index (κ3) is 2.83. The van der Waals surface area contributed by atoms with Gasteiger partial charge in [-0.1, -0.05) is 27.5 Å². The fourth-order valence-corrected chi connectivity index (χ4v) is 2.48. The summed E-state index contributed by atoms with van der Waals surface area (Å²) in [5.41, 5.74) is 12.0. The van der Waals surface area contributed by atoms with E-state index in [1.807, 2.05) is 6.07 Å². The van der Waals surface area contributed by atoms with Gasteiger partial charge in [0.05, 0.1) is 6.54 Å². The molecule has 2 aromatic rings. The van der Waals surface area contributed by atoms with Gasteiger partial charge in [0.1, 0.15) is 5.82 Å². The number of primary amides is 1. The molecule has 1 aromatic heterocycles. The van der Waals surface area contributed by atoms with Crippen LogP contribution in [0.3, 0.4) is 0 Å². The van der Waals surface area contributed by atoms with Gasteiger partial charge >= 0.3 is 0 Å². The Bertz CT molecular complexity index is 591. The highest BCUT2D eigenvalue weighted by Crippen LogP contribution is 2.21. The number of aromatic nitrogens is 2. The number of amides is 1. The highest BCUT2D eigenvalue weighted by molar-refractivity contribution is 9.10. The van der Waals surface area contributed by atoms with E-state index < -0.39 is 5.91 Å². The zero-order chi connectivity index (χ0) is 13.3. The second-order valence-corrected chi connectivity index (χ2v) is 5.11. The van der Waals surface area contributed by atoms with Crippen molar-refractivity contribution >= 4 is 39.3 Å². The van der Waals surface area contributed by atoms with Gasteiger partial charge in [-0.25, -0.2) is 4.68 Å². The second kappa shape index (κ2) is 4.99. The molecule has 2 rings (SSSR count). The number of hydrogen-bond donors (Lipinski definition) is 2. The Labute approximate surface area is 117 Å². The Balaban J connectivity index is 2.30. The SMILES string of the molecule is NC(=O)c1cc(N)n(Cc2cc(Cl)cc(Br)c2)n1. The van der Waals surface area contributed by atoms with Crippen LogP contribution in [0.2, 0.25) is 5.02 Å². The third-order valence-corrected chi connectivity index (χ3v) is 2.99. The smallest absolute Gasteiger partial charge is 0.269 e. The van der Waals surface area contributed by atoms with Crippen molar-refractivity contribution in [1.29, 1.82) is 0 Å². The maximum atomic E-state index is 11.0. The molecule has 94 valence electrons. The molecule has 0 spiro atoms. The number of anilines is 1. The highest BCUT2D eigenvalue weighted by Gasteiger charge is 2.10. The molecular formula is C11H10BrClN4O. The highest BCUT2D eigenvalue weighted by atomic mass is 79.9. The molecule has 0 fully saturated rings. The summed E-state index contributed by atoms with van der Waals surface area (Å²) in [5, 5.41) is 4.63. The van der Waals surface area contributed by atoms with E-state index in [0.717, 1.165) is 10.0 Å². The molecule has 0 radical (unpaired) electrons. The summed E-state index contributed by atoms with van der Waals surface area (Å²) in [6.07, 6.45) is 0. The minimum absolute atomic E-state index is 0.147. The molecule has 0 unspecified atom stereocenters. The van der Waals surface area contributed by atoms with Gasteiger partial charge in [0.25, 0.3) is 5.91 Å². The van der Waals surface area contributed by atoms with Gasteiger partial charge in [-0.2, -0.15) is 5.10 Å². The van der Waals surface area contributed by atoms with E-state index >= 15 is 0 Å². The van der Waals surface area contributed by atoms with Crippen molar-refractivity contribution in [3.63, 3.8) is 0 Å². The lowest BCUT2D eigenvalue weighted by Gasteiger charge is -2.05. The third-order valence-electron chi connectivity index (χ3n) is 2.32. The fraction of sp³-hybridized carbons (Fsp3) is 0.0909. The lowest BCUT2D eigenvalue weighted by molar-refractivity contribution is 0.0995. The summed E-state index contributed by atoms with van der Waals surface area (Å²) < 4.78 is 2.36. The Hall–Kier alpha value is -1.53. The molecule has 1 heterocycles. The zero-order valence-corrected chi connectivity index (χ0v) is 11.6. The summed E-state index contributed by atoms with van der Waals surface area (Å²) in [6.45, 7) is 0.415. The van der Waals surface area contributed by atoms with Crippen LogP contribution in [-0.4, -0.2) is 15.7 Å². The van der Waals surface area contributed by atoms with Crippen LogP contribution in [0.5, 0.6) is 0 Å². The summed E-state index contributed by atoms with van der Waals surface area (Å²) in [6, 6.07) is 6.93. The van der Waals surface area contributed by atoms with E-state index in [0.29, 0.717) is 17.4 Å². The van der Waals surface area contributed by atoms with E-state index in [2.05, 4.69) is 21.0 Å². The van der Waals surface area contributed by atoms with E-state index in [4.69, 9.17) is 23.1 Å². The molecule has 0 aliphatic rings. The van der Waals surface area contributed by atoms with Crippen LogP contribution in [-0.2, 0) is 6.54 Å². The first-order chi connectivity index (χ1) is 8.45. The van der Waals surface area contributed by atoms with Gasteiger partial charge in [0.15, 0.2) is 5.69 Å². The fourth-order valence-electron chi connectivity index (χ4n) is 1.55. The Kier molecular flexibility index (Phi) is 3.58. The first-order valence-electron chi connectivity index (χ1n) is 5.04. The van der Waals surface area contributed by atoms with Gasteiger partial charge in [0.2, 0.25) is 0 Å². The number of benzene rings is 1. The number of rotatable bonds is 3. The molecule has 1 amide bonds. The Morgan fingerprint density at radius 2 is 2.11 bits per heavy atom. The normalized spacial score (nSPS) is 10.6. The lowest BCUT2D eigenvalue weighted by Crippen LogP contribution is -2.13. The lowest BCUT2D eigenvalue weighted by atomic mass is 10.2. The van der Waals surface area contributed by atoms with Gasteiger partial charge in [0, 0.05) is 15.6 Å². The molecule has 0 atom stereocenters. The summed E-state index contributed by atoms with van der Waals surface area (Å²) in [5.74, 6) is -0.229. The molecule has 7 heteroatoms. The van der Waals surface area contributed by atoms with E-state index in [9.17, 15) is 4.79 Å². The molecule has 0 bridgehead atoms. The predicted octanol–water partition coefficient (Wildman–Crippen LogP) is 2.03. The van der Waals surface area contributed by atoms with Crippen LogP contribution >= 0.6 is 27.5 Å². The average molecular weight is 330 g/mol. The molecule has 1 aromatic carbocycles. The molecule has 0 saturated carbocycles. The van der Waals surface area contributed by atoms with Crippen molar-refractivity contribution in [2.75, 3.05) is 5.73 Å². The first kappa shape index (κ1) is 12.9. The minimum Gasteiger partial charge on any atom is -0.384 e. The Morgan fingerprint density at radius 1 is 1.39 bits per heavy atom. The van der Waals surface area contributed by atoms with Gasteiger partial charge in [-0.05, 0) is 23.8 Å². The number of hydrogen-bond acceptors (Lipinski definition) is 3. The number of carbonyl (C=O) groups excluding carboxylic acids is 1. The first-order valence-corrected chi connectivity index (χ1v) is 6.21. The van der Waals surface area contributed by atoms with Crippen molar-refractivity contribution in [1.82, 2.24) is 9.78 Å². The summed E-state index contributed by atoms with van der Waals surface area (Å²) in [7, 11) is 0. The van der Waals surface area contributed by atoms with Crippen molar-refractivity contribution in [3.05, 3.63) is 45.0 Å². The number of carbonyl (C=O) groups is 1. The molecule has 0 aliphatic heterocycles. The molecule has 4 N–H and O–H groups in total. The topological polar surface area (TPSA) is 86.9 Å². The zero-order valence-electron chi connectivity index (χ0n) is 9.23. The molecule has 5 nitrogen and oxygen atoms in total. The molecule has 0 aliphatic carbocycles. The summed E-state index contributed by atoms with van der Waals surface area (Å²) in [4.78, 5) is 11.0. The van der Waals surface area contributed by atoms with Crippen LogP contribution < -0.4 is 11.5 Å². The standard InChI is InChI=1S/C11H10BrClN4O/c12-7-1-6(2-8(13)3-7)5-17-10(14)4-9(16-17)11(15)18/h1-4H,5,14H2,(H2,15,18). The molecular weight excluding hydrogens is 320 g/mol. The van der Waals surface area contributed by atoms with E-state index in [-0.39, 0.29) is 5.69 Å². The van der Waals surface area contributed by atoms with Gasteiger partial charge in [-0.3, -0.25) is 4.79 Å². The van der Waals surface area contributed by atoms with Crippen molar-refractivity contribution in [2.24, 2.45) is 5.73 Å². The van der Waals surface area contributed by atoms with Gasteiger partial charge < -0.3 is 11.5 Å². The predicted molar refractivity (Wildman–Crippen MR) is 73.4 cm³/mol. The van der Waals surface area contributed by atoms with Crippen LogP contribution in [0.4, 0.5) is 5.82 Å². The second-order valence-electron chi connectivity index (χ2n) is 3.75. The number of nitrogens with zero attached hydrogens (tertiary/aromatic N) is 2. The minimum atomic E-state index is -0.604. The van der Waals surface area contributed by atoms with Crippen molar-refractivity contribution < 1.29 is 4.79 Å². The quantitative estimate of drug-likeness (QED) is 0.903. The van der Waals surface area contributed by atoms with Crippen molar-refractivity contribution in [3.8, 4) is 0 Å². The van der Waals surface area contributed by atoms with Crippen LogP contribution in [0.25, 0.3) is 0 Å². The van der Waals surface area contributed by atoms with Gasteiger partial charge in [-0.15, -0.1) is 0 Å². The maximum absolute atomic E-state index is 11.0. The van der Waals surface area contributed by atoms with Crippen LogP contribution in [0.1, 0.15) is 16.1 Å². The van der Waals surface area contributed by atoms with Crippen LogP contribution in [0, 0.1) is 0 Å². The van der Waals surface area contributed by atoms with E-state index in [1.165, 1.54) is 10.7 Å². The number of nitrogens with two attached hydrogens (primary N) is 2. The van der Waals surface area contributed by atoms with E-state index in [1.54, 1.807) is 12.1 Å². The molecule has 0 saturated heterocycles. The Morgan fingerprint density at radius 3 is 2.67 bits per heavy atom. The van der Waals surface area contributed by atoms with Crippen molar-refractivity contribution in [2.45, 2.75) is 6.54 Å². The summed E-state index contributed by atoms with van der Waals surface area (Å²) >= 11 is 9.30. The number of nitrogen functional groups attached to an aromatic ring is 1. The van der Waals surface area contributed by atoms with Crippen LogP contribution in [0.15, 0.2) is 28.7 Å². The largest absolute Gasteiger partial charge is 0.384 e. The maximum Gasteiger partial charge on any atom is 0.269 e.